The molecule has 10 nitrogen and oxygen atoms in total. The van der Waals surface area contributed by atoms with Gasteiger partial charge in [0.15, 0.2) is 17.6 Å². The number of benzene rings is 2. The van der Waals surface area contributed by atoms with Gasteiger partial charge in [0.25, 0.3) is 5.69 Å². The number of rotatable bonds is 10. The van der Waals surface area contributed by atoms with Crippen molar-refractivity contribution in [2.75, 3.05) is 34.4 Å². The van der Waals surface area contributed by atoms with Crippen LogP contribution >= 0.6 is 0 Å². The number of hydrogen-bond donors (Lipinski definition) is 0. The van der Waals surface area contributed by atoms with E-state index in [9.17, 15) is 14.9 Å². The van der Waals surface area contributed by atoms with Crippen LogP contribution in [0.5, 0.6) is 17.2 Å². The van der Waals surface area contributed by atoms with Gasteiger partial charge in [-0.3, -0.25) is 19.9 Å². The lowest BCUT2D eigenvalue weighted by molar-refractivity contribution is -0.985. The van der Waals surface area contributed by atoms with E-state index in [0.717, 1.165) is 48.8 Å². The Morgan fingerprint density at radius 1 is 1.09 bits per heavy atom. The number of piperidine rings is 3. The number of hydrogen-bond acceptors (Lipinski definition) is 8. The minimum absolute atomic E-state index is 0.00280. The van der Waals surface area contributed by atoms with E-state index in [0.29, 0.717) is 45.7 Å². The zero-order chi connectivity index (χ0) is 31.8. The molecule has 0 radical (unpaired) electrons. The number of nitro benzene ring substituents is 1. The van der Waals surface area contributed by atoms with Gasteiger partial charge in [-0.1, -0.05) is 6.92 Å². The second kappa shape index (κ2) is 12.2. The van der Waals surface area contributed by atoms with Crippen molar-refractivity contribution < 1.29 is 33.1 Å². The molecule has 0 aliphatic carbocycles. The Morgan fingerprint density at radius 3 is 2.45 bits per heavy atom. The molecule has 3 fully saturated rings. The molecule has 0 N–H and O–H groups in total. The molecule has 0 spiro atoms. The fourth-order valence-corrected chi connectivity index (χ4v) is 7.35. The predicted molar refractivity (Wildman–Crippen MR) is 167 cm³/mol. The molecule has 6 rings (SSSR count). The van der Waals surface area contributed by atoms with Crippen molar-refractivity contribution in [1.29, 1.82) is 0 Å². The van der Waals surface area contributed by atoms with Gasteiger partial charge >= 0.3 is 5.97 Å². The van der Waals surface area contributed by atoms with Crippen LogP contribution in [-0.4, -0.2) is 60.8 Å². The summed E-state index contributed by atoms with van der Waals surface area (Å²) in [5, 5.41) is 13.2. The number of fused-ring (bicyclic) bond motifs is 4. The van der Waals surface area contributed by atoms with Crippen molar-refractivity contribution in [3.05, 3.63) is 63.8 Å². The third-order valence-electron chi connectivity index (χ3n) is 9.73. The summed E-state index contributed by atoms with van der Waals surface area (Å²) < 4.78 is 23.7. The summed E-state index contributed by atoms with van der Waals surface area (Å²) in [7, 11) is 4.64. The van der Waals surface area contributed by atoms with Gasteiger partial charge in [-0.05, 0) is 63.4 Å². The zero-order valence-corrected chi connectivity index (χ0v) is 26.8. The summed E-state index contributed by atoms with van der Waals surface area (Å²) in [6.45, 7) is 9.87. The van der Waals surface area contributed by atoms with Crippen LogP contribution in [-0.2, 0) is 16.1 Å². The summed E-state index contributed by atoms with van der Waals surface area (Å²) in [6.07, 6.45) is 4.04. The highest BCUT2D eigenvalue weighted by atomic mass is 16.6. The normalized spacial score (nSPS) is 23.7. The molecular formula is C34H44N3O7+. The minimum Gasteiger partial charge on any atom is -0.497 e. The lowest BCUT2D eigenvalue weighted by Crippen LogP contribution is -2.68. The molecule has 4 heterocycles. The second-order valence-corrected chi connectivity index (χ2v) is 13.3. The van der Waals surface area contributed by atoms with E-state index in [2.05, 4.69) is 11.9 Å². The third-order valence-corrected chi connectivity index (χ3v) is 9.73. The lowest BCUT2D eigenvalue weighted by Gasteiger charge is -2.58. The van der Waals surface area contributed by atoms with E-state index in [-0.39, 0.29) is 22.6 Å². The Labute approximate surface area is 259 Å². The first-order valence-corrected chi connectivity index (χ1v) is 15.3. The number of pyridine rings is 1. The van der Waals surface area contributed by atoms with Crippen LogP contribution in [0.2, 0.25) is 0 Å². The van der Waals surface area contributed by atoms with E-state index in [1.54, 1.807) is 19.4 Å². The average Bonchev–Trinajstić information content (AvgIpc) is 3.02. The molecule has 5 atom stereocenters. The molecule has 0 saturated carbocycles. The molecular weight excluding hydrogens is 562 g/mol. The van der Waals surface area contributed by atoms with E-state index >= 15 is 0 Å². The van der Waals surface area contributed by atoms with Crippen molar-refractivity contribution >= 4 is 22.6 Å². The third kappa shape index (κ3) is 5.79. The maximum absolute atomic E-state index is 13.6. The standard InChI is InChI=1S/C34H44N3O7/c1-8-21-19-37(20-23-16-30(42-6)31(43-7)18-28(23)36(39)40)14-12-22(21)15-29(37)32(44-33(38)34(2,3)4)25-11-13-35-27-10-9-24(41-5)17-26(25)27/h9-11,13,16-18,21-22,29,32H,8,12,14-15,19-20H2,1-7H3/q+1/t21-,22-,29+,32-,37-/m0/s1. The molecule has 236 valence electrons. The lowest BCUT2D eigenvalue weighted by atomic mass is 9.70. The van der Waals surface area contributed by atoms with Crippen molar-refractivity contribution in [1.82, 2.24) is 4.98 Å². The first-order valence-electron chi connectivity index (χ1n) is 15.3. The molecule has 3 aromatic rings. The van der Waals surface area contributed by atoms with Crippen LogP contribution in [0.3, 0.4) is 0 Å². The summed E-state index contributed by atoms with van der Waals surface area (Å²) in [5.74, 6) is 2.10. The average molecular weight is 607 g/mol. The maximum Gasteiger partial charge on any atom is 0.312 e. The summed E-state index contributed by atoms with van der Waals surface area (Å²) >= 11 is 0. The van der Waals surface area contributed by atoms with Gasteiger partial charge in [-0.25, -0.2) is 0 Å². The van der Waals surface area contributed by atoms with Gasteiger partial charge < -0.3 is 23.4 Å². The van der Waals surface area contributed by atoms with Crippen molar-refractivity contribution in [2.24, 2.45) is 17.3 Å². The van der Waals surface area contributed by atoms with Gasteiger partial charge in [0, 0.05) is 35.9 Å². The number of esters is 1. The first kappa shape index (κ1) is 31.5. The predicted octanol–water partition coefficient (Wildman–Crippen LogP) is 6.63. The number of nitro groups is 1. The van der Waals surface area contributed by atoms with Gasteiger partial charge in [0.1, 0.15) is 18.3 Å². The number of methoxy groups -OCH3 is 3. The number of aromatic nitrogens is 1. The van der Waals surface area contributed by atoms with Gasteiger partial charge in [-0.15, -0.1) is 0 Å². The highest BCUT2D eigenvalue weighted by Gasteiger charge is 2.56. The van der Waals surface area contributed by atoms with E-state index in [4.69, 9.17) is 18.9 Å². The Bertz CT molecular complexity index is 1550. The van der Waals surface area contributed by atoms with E-state index < -0.39 is 11.5 Å². The monoisotopic (exact) mass is 606 g/mol. The molecule has 0 unspecified atom stereocenters. The summed E-state index contributed by atoms with van der Waals surface area (Å²) in [5.41, 5.74) is 1.51. The van der Waals surface area contributed by atoms with E-state index in [1.165, 1.54) is 20.3 Å². The van der Waals surface area contributed by atoms with Crippen molar-refractivity contribution in [3.8, 4) is 17.2 Å². The molecule has 0 amide bonds. The van der Waals surface area contributed by atoms with Crippen LogP contribution in [0.15, 0.2) is 42.6 Å². The molecule has 3 aliphatic rings. The van der Waals surface area contributed by atoms with Gasteiger partial charge in [0.2, 0.25) is 0 Å². The van der Waals surface area contributed by atoms with Crippen molar-refractivity contribution in [2.45, 2.75) is 65.6 Å². The number of carbonyl (C=O) groups excluding carboxylic acids is 1. The van der Waals surface area contributed by atoms with Crippen LogP contribution in [0.1, 0.15) is 64.2 Å². The fourth-order valence-electron chi connectivity index (χ4n) is 7.35. The zero-order valence-electron chi connectivity index (χ0n) is 26.8. The maximum atomic E-state index is 13.6. The van der Waals surface area contributed by atoms with Crippen LogP contribution < -0.4 is 14.2 Å². The smallest absolute Gasteiger partial charge is 0.312 e. The molecule has 44 heavy (non-hydrogen) atoms. The topological polar surface area (TPSA) is 110 Å². The fraction of sp³-hybridized carbons (Fsp3) is 0.529. The molecule has 10 heteroatoms. The Hall–Kier alpha value is -3.92. The number of carbonyl (C=O) groups is 1. The van der Waals surface area contributed by atoms with Crippen LogP contribution in [0.25, 0.3) is 10.9 Å². The summed E-state index contributed by atoms with van der Waals surface area (Å²) in [6, 6.07) is 10.7. The van der Waals surface area contributed by atoms with Crippen LogP contribution in [0, 0.1) is 27.4 Å². The molecule has 1 aromatic heterocycles. The van der Waals surface area contributed by atoms with E-state index in [1.807, 2.05) is 45.0 Å². The van der Waals surface area contributed by atoms with Gasteiger partial charge in [0.05, 0.1) is 61.9 Å². The number of quaternary nitrogens is 1. The molecule has 2 aromatic carbocycles. The van der Waals surface area contributed by atoms with Crippen molar-refractivity contribution in [3.63, 3.8) is 0 Å². The molecule has 3 aliphatic heterocycles. The quantitative estimate of drug-likeness (QED) is 0.109. The van der Waals surface area contributed by atoms with Gasteiger partial charge in [-0.2, -0.15) is 0 Å². The Balaban J connectivity index is 1.70. The SMILES string of the molecule is CC[C@H]1C[N@+]2(Cc3cc(OC)c(OC)cc3[N+](=O)[O-])CC[C@H]1C[C@@H]2[C@@H](OC(=O)C(C)(C)C)c1ccnc2ccc(OC)cc12. The largest absolute Gasteiger partial charge is 0.497 e. The Kier molecular flexibility index (Phi) is 8.75. The number of nitrogens with zero attached hydrogens (tertiary/aromatic N) is 3. The molecule has 3 saturated heterocycles. The number of ether oxygens (including phenoxy) is 4. The highest BCUT2D eigenvalue weighted by Crippen LogP contribution is 2.51. The first-order chi connectivity index (χ1) is 20.9. The Morgan fingerprint density at radius 2 is 1.82 bits per heavy atom. The van der Waals surface area contributed by atoms with Crippen LogP contribution in [0.4, 0.5) is 5.69 Å². The minimum atomic E-state index is -0.722. The highest BCUT2D eigenvalue weighted by molar-refractivity contribution is 5.84. The summed E-state index contributed by atoms with van der Waals surface area (Å²) in [4.78, 5) is 30.3. The molecule has 2 bridgehead atoms. The second-order valence-electron chi connectivity index (χ2n) is 13.3.